The molecule has 5 nitrogen and oxygen atoms in total. The Labute approximate surface area is 141 Å². The Bertz CT molecular complexity index is 743. The van der Waals surface area contributed by atoms with Crippen LogP contribution < -0.4 is 4.74 Å². The Balaban J connectivity index is 1.69. The Morgan fingerprint density at radius 3 is 2.88 bits per heavy atom. The number of nitrogens with zero attached hydrogens (tertiary/aromatic N) is 2. The second kappa shape index (κ2) is 7.27. The van der Waals surface area contributed by atoms with Gasteiger partial charge in [0.15, 0.2) is 6.10 Å². The second-order valence-corrected chi connectivity index (χ2v) is 5.68. The molecule has 3 rings (SSSR count). The number of carbonyl (C=O) groups excluding carboxylic acids is 1. The SMILES string of the molecule is COc1cccc(C(O)C(=O)N2CC=C(c3cccnc3)CC2)c1. The number of methoxy groups -OCH3 is 1. The highest BCUT2D eigenvalue weighted by Gasteiger charge is 2.25. The van der Waals surface area contributed by atoms with Crippen molar-refractivity contribution in [2.45, 2.75) is 12.5 Å². The molecular weight excluding hydrogens is 304 g/mol. The average molecular weight is 324 g/mol. The minimum Gasteiger partial charge on any atom is -0.497 e. The lowest BCUT2D eigenvalue weighted by Gasteiger charge is -2.28. The zero-order chi connectivity index (χ0) is 16.9. The number of aromatic nitrogens is 1. The topological polar surface area (TPSA) is 62.7 Å². The summed E-state index contributed by atoms with van der Waals surface area (Å²) in [6.45, 7) is 1.07. The van der Waals surface area contributed by atoms with Gasteiger partial charge in [-0.3, -0.25) is 9.78 Å². The standard InChI is InChI=1S/C19H20N2O3/c1-24-17-6-2-4-15(12-17)18(22)19(23)21-10-7-14(8-11-21)16-5-3-9-20-13-16/h2-7,9,12-13,18,22H,8,10-11H2,1H3. The maximum absolute atomic E-state index is 12.5. The molecule has 0 saturated heterocycles. The van der Waals surface area contributed by atoms with Gasteiger partial charge in [0.05, 0.1) is 7.11 Å². The van der Waals surface area contributed by atoms with E-state index in [0.29, 0.717) is 24.4 Å². The number of aliphatic hydroxyl groups excluding tert-OH is 1. The Morgan fingerprint density at radius 2 is 2.21 bits per heavy atom. The van der Waals surface area contributed by atoms with Crippen LogP contribution in [0.25, 0.3) is 5.57 Å². The van der Waals surface area contributed by atoms with E-state index in [1.54, 1.807) is 42.5 Å². The fourth-order valence-electron chi connectivity index (χ4n) is 2.81. The number of aliphatic hydroxyl groups is 1. The van der Waals surface area contributed by atoms with Gasteiger partial charge in [-0.05, 0) is 41.3 Å². The van der Waals surface area contributed by atoms with Gasteiger partial charge in [0.2, 0.25) is 0 Å². The first-order valence-electron chi connectivity index (χ1n) is 7.89. The van der Waals surface area contributed by atoms with Crippen molar-refractivity contribution in [1.29, 1.82) is 0 Å². The third-order valence-corrected chi connectivity index (χ3v) is 4.20. The zero-order valence-electron chi connectivity index (χ0n) is 13.6. The van der Waals surface area contributed by atoms with Gasteiger partial charge in [-0.15, -0.1) is 0 Å². The fourth-order valence-corrected chi connectivity index (χ4v) is 2.81. The lowest BCUT2D eigenvalue weighted by molar-refractivity contribution is -0.140. The van der Waals surface area contributed by atoms with Crippen LogP contribution in [0.4, 0.5) is 0 Å². The minimum atomic E-state index is -1.17. The number of hydrogen-bond acceptors (Lipinski definition) is 4. The van der Waals surface area contributed by atoms with Crippen molar-refractivity contribution in [3.05, 3.63) is 66.0 Å². The van der Waals surface area contributed by atoms with E-state index < -0.39 is 6.10 Å². The summed E-state index contributed by atoms with van der Waals surface area (Å²) in [5, 5.41) is 10.4. The smallest absolute Gasteiger partial charge is 0.256 e. The molecule has 1 aliphatic rings. The van der Waals surface area contributed by atoms with E-state index in [4.69, 9.17) is 4.74 Å². The number of pyridine rings is 1. The predicted octanol–water partition coefficient (Wildman–Crippen LogP) is 2.44. The third kappa shape index (κ3) is 3.46. The van der Waals surface area contributed by atoms with E-state index in [2.05, 4.69) is 4.98 Å². The first-order valence-corrected chi connectivity index (χ1v) is 7.89. The third-order valence-electron chi connectivity index (χ3n) is 4.20. The number of rotatable bonds is 4. The highest BCUT2D eigenvalue weighted by Crippen LogP contribution is 2.25. The highest BCUT2D eigenvalue weighted by molar-refractivity contribution is 5.83. The number of hydrogen-bond donors (Lipinski definition) is 1. The molecule has 1 unspecified atom stereocenters. The van der Waals surface area contributed by atoms with Crippen LogP contribution >= 0.6 is 0 Å². The van der Waals surface area contributed by atoms with Gasteiger partial charge in [0.25, 0.3) is 5.91 Å². The summed E-state index contributed by atoms with van der Waals surface area (Å²) < 4.78 is 5.14. The van der Waals surface area contributed by atoms with Crippen LogP contribution in [0, 0.1) is 0 Å². The molecule has 5 heteroatoms. The lowest BCUT2D eigenvalue weighted by atomic mass is 10.00. The maximum Gasteiger partial charge on any atom is 0.256 e. The predicted molar refractivity (Wildman–Crippen MR) is 91.4 cm³/mol. The zero-order valence-corrected chi connectivity index (χ0v) is 13.6. The number of amides is 1. The van der Waals surface area contributed by atoms with Gasteiger partial charge in [0.1, 0.15) is 5.75 Å². The molecule has 1 aromatic carbocycles. The van der Waals surface area contributed by atoms with Crippen molar-refractivity contribution in [3.8, 4) is 5.75 Å². The number of benzene rings is 1. The molecule has 24 heavy (non-hydrogen) atoms. The minimum absolute atomic E-state index is 0.287. The Hall–Kier alpha value is -2.66. The number of ether oxygens (including phenoxy) is 1. The van der Waals surface area contributed by atoms with Crippen molar-refractivity contribution in [2.75, 3.05) is 20.2 Å². The quantitative estimate of drug-likeness (QED) is 0.938. The van der Waals surface area contributed by atoms with Crippen molar-refractivity contribution >= 4 is 11.5 Å². The van der Waals surface area contributed by atoms with Crippen molar-refractivity contribution in [3.63, 3.8) is 0 Å². The molecule has 2 aromatic rings. The van der Waals surface area contributed by atoms with Crippen LogP contribution in [0.1, 0.15) is 23.7 Å². The summed E-state index contributed by atoms with van der Waals surface area (Å²) in [6.07, 6.45) is 5.18. The first-order chi connectivity index (χ1) is 11.7. The molecule has 0 fully saturated rings. The molecule has 1 aromatic heterocycles. The second-order valence-electron chi connectivity index (χ2n) is 5.68. The normalized spacial score (nSPS) is 15.6. The van der Waals surface area contributed by atoms with Crippen molar-refractivity contribution in [2.24, 2.45) is 0 Å². The van der Waals surface area contributed by atoms with E-state index >= 15 is 0 Å². The highest BCUT2D eigenvalue weighted by atomic mass is 16.5. The summed E-state index contributed by atoms with van der Waals surface area (Å²) >= 11 is 0. The van der Waals surface area contributed by atoms with E-state index in [0.717, 1.165) is 12.0 Å². The van der Waals surface area contributed by atoms with Gasteiger partial charge in [-0.25, -0.2) is 0 Å². The molecule has 0 aliphatic carbocycles. The summed E-state index contributed by atoms with van der Waals surface area (Å²) in [5.74, 6) is 0.335. The summed E-state index contributed by atoms with van der Waals surface area (Å²) in [7, 11) is 1.56. The maximum atomic E-state index is 12.5. The number of carbonyl (C=O) groups is 1. The molecule has 0 saturated carbocycles. The Kier molecular flexibility index (Phi) is 4.91. The van der Waals surface area contributed by atoms with E-state index in [1.165, 1.54) is 5.57 Å². The average Bonchev–Trinajstić information content (AvgIpc) is 2.67. The van der Waals surface area contributed by atoms with Gasteiger partial charge in [0, 0.05) is 25.5 Å². The Morgan fingerprint density at radius 1 is 1.33 bits per heavy atom. The van der Waals surface area contributed by atoms with E-state index in [1.807, 2.05) is 24.4 Å². The van der Waals surface area contributed by atoms with Gasteiger partial charge >= 0.3 is 0 Å². The monoisotopic (exact) mass is 324 g/mol. The van der Waals surface area contributed by atoms with Crippen LogP contribution in [-0.2, 0) is 4.79 Å². The molecule has 0 bridgehead atoms. The van der Waals surface area contributed by atoms with Crippen LogP contribution in [0.15, 0.2) is 54.9 Å². The molecule has 1 atom stereocenters. The summed E-state index contributed by atoms with van der Waals surface area (Å²) in [4.78, 5) is 18.3. The largest absolute Gasteiger partial charge is 0.497 e. The van der Waals surface area contributed by atoms with E-state index in [9.17, 15) is 9.90 Å². The molecule has 1 amide bonds. The molecule has 2 heterocycles. The molecule has 124 valence electrons. The van der Waals surface area contributed by atoms with Gasteiger partial charge in [-0.1, -0.05) is 24.3 Å². The molecule has 1 N–H and O–H groups in total. The van der Waals surface area contributed by atoms with E-state index in [-0.39, 0.29) is 5.91 Å². The van der Waals surface area contributed by atoms with Crippen molar-refractivity contribution < 1.29 is 14.6 Å². The molecule has 1 aliphatic heterocycles. The van der Waals surface area contributed by atoms with Gasteiger partial charge < -0.3 is 14.7 Å². The van der Waals surface area contributed by atoms with Crippen molar-refractivity contribution in [1.82, 2.24) is 9.88 Å². The lowest BCUT2D eigenvalue weighted by Crippen LogP contribution is -2.38. The molecule has 0 spiro atoms. The van der Waals surface area contributed by atoms with Gasteiger partial charge in [-0.2, -0.15) is 0 Å². The van der Waals surface area contributed by atoms with Crippen LogP contribution in [0.3, 0.4) is 0 Å². The summed E-state index contributed by atoms with van der Waals surface area (Å²) in [6, 6.07) is 10.9. The van der Waals surface area contributed by atoms with Crippen LogP contribution in [0.2, 0.25) is 0 Å². The fraction of sp³-hybridized carbons (Fsp3) is 0.263. The first kappa shape index (κ1) is 16.2. The van der Waals surface area contributed by atoms with Crippen LogP contribution in [0.5, 0.6) is 5.75 Å². The van der Waals surface area contributed by atoms with Crippen LogP contribution in [-0.4, -0.2) is 41.1 Å². The molecule has 0 radical (unpaired) electrons. The molecular formula is C19H20N2O3. The summed E-state index contributed by atoms with van der Waals surface area (Å²) in [5.41, 5.74) is 2.81.